The largest absolute Gasteiger partial charge is 0.481 e. The monoisotopic (exact) mass is 316 g/mol. The summed E-state index contributed by atoms with van der Waals surface area (Å²) in [6, 6.07) is 0. The van der Waals surface area contributed by atoms with Crippen LogP contribution in [0.4, 0.5) is 0 Å². The molecule has 0 aliphatic heterocycles. The van der Waals surface area contributed by atoms with Gasteiger partial charge in [-0.1, -0.05) is 13.2 Å². The van der Waals surface area contributed by atoms with Crippen molar-refractivity contribution in [1.29, 1.82) is 0 Å². The lowest BCUT2D eigenvalue weighted by atomic mass is 10.8. The molecule has 0 aliphatic carbocycles. The molecule has 0 heterocycles. The number of rotatable bonds is 5. The Kier molecular flexibility index (Phi) is 41.9. The average Bonchev–Trinajstić information content (AvgIpc) is 2.41. The van der Waals surface area contributed by atoms with Crippen LogP contribution in [-0.2, 0) is 14.3 Å². The van der Waals surface area contributed by atoms with Crippen molar-refractivity contribution < 1.29 is 34.8 Å². The molecule has 0 rings (SSSR count). The lowest BCUT2D eigenvalue weighted by Crippen LogP contribution is -1.92. The van der Waals surface area contributed by atoms with Crippen LogP contribution in [0.1, 0.15) is 0 Å². The predicted molar refractivity (Wildman–Crippen MR) is 78.6 cm³/mol. The van der Waals surface area contributed by atoms with Crippen LogP contribution in [0, 0.1) is 0 Å². The maximum absolute atomic E-state index is 9.29. The summed E-state index contributed by atoms with van der Waals surface area (Å²) in [5, 5.41) is 30.5. The molecule has 0 bridgehead atoms. The highest BCUT2D eigenvalue weighted by atomic mass is 32.1. The van der Waals surface area contributed by atoms with Crippen molar-refractivity contribution >= 4 is 37.2 Å². The van der Waals surface area contributed by atoms with Crippen LogP contribution >= 0.6 is 25.3 Å². The zero-order valence-electron chi connectivity index (χ0n) is 10.3. The minimum atomic E-state index is -0.881. The molecule has 0 aromatic rings. The number of thiol groups is 2. The van der Waals surface area contributed by atoms with E-state index in [4.69, 9.17) is 20.4 Å². The SMILES string of the molecule is C=COC=C.O=C(O)CS.O=C(O)CS.OCCO. The summed E-state index contributed by atoms with van der Waals surface area (Å²) in [7, 11) is 0. The molecule has 0 saturated heterocycles. The second-order valence-corrected chi connectivity index (χ2v) is 2.65. The number of carboxylic acids is 2. The van der Waals surface area contributed by atoms with Crippen LogP contribution in [0.5, 0.6) is 0 Å². The molecular weight excluding hydrogens is 296 g/mol. The van der Waals surface area contributed by atoms with E-state index < -0.39 is 11.9 Å². The molecule has 4 N–H and O–H groups in total. The van der Waals surface area contributed by atoms with Crippen molar-refractivity contribution in [1.82, 2.24) is 0 Å². The first kappa shape index (κ1) is 26.4. The van der Waals surface area contributed by atoms with E-state index in [1.165, 1.54) is 12.5 Å². The highest BCUT2D eigenvalue weighted by molar-refractivity contribution is 7.81. The van der Waals surface area contributed by atoms with Gasteiger partial charge in [-0.2, -0.15) is 25.3 Å². The summed E-state index contributed by atoms with van der Waals surface area (Å²) in [5.74, 6) is -1.93. The van der Waals surface area contributed by atoms with Gasteiger partial charge in [-0.25, -0.2) is 0 Å². The number of aliphatic carboxylic acids is 2. The molecule has 0 spiro atoms. The Hall–Kier alpha value is -1.16. The van der Waals surface area contributed by atoms with E-state index in [0.29, 0.717) is 0 Å². The molecule has 19 heavy (non-hydrogen) atoms. The van der Waals surface area contributed by atoms with E-state index >= 15 is 0 Å². The lowest BCUT2D eigenvalue weighted by Gasteiger charge is -1.76. The molecule has 114 valence electrons. The van der Waals surface area contributed by atoms with Gasteiger partial charge in [0, 0.05) is 0 Å². The van der Waals surface area contributed by atoms with Gasteiger partial charge in [0.15, 0.2) is 0 Å². The molecule has 9 heteroatoms. The Morgan fingerprint density at radius 1 is 0.947 bits per heavy atom. The van der Waals surface area contributed by atoms with Gasteiger partial charge in [-0.3, -0.25) is 9.59 Å². The number of hydrogen-bond donors (Lipinski definition) is 6. The maximum atomic E-state index is 9.29. The van der Waals surface area contributed by atoms with Gasteiger partial charge in [0.1, 0.15) is 0 Å². The van der Waals surface area contributed by atoms with Crippen LogP contribution in [-0.4, -0.2) is 57.1 Å². The molecule has 0 aromatic heterocycles. The van der Waals surface area contributed by atoms with Gasteiger partial charge in [-0.05, 0) is 0 Å². The third-order valence-corrected chi connectivity index (χ3v) is 1.10. The standard InChI is InChI=1S/C4H6O.2C2H4O2S.C2H6O2/c1-3-5-4-2;2*3-2(4)1-5;3-1-2-4/h3-4H,1-2H2;2*5H,1H2,(H,3,4);3-4H,1-2H2. The number of aliphatic hydroxyl groups is 2. The van der Waals surface area contributed by atoms with Crippen LogP contribution in [0.25, 0.3) is 0 Å². The fourth-order valence-corrected chi connectivity index (χ4v) is 0.0680. The van der Waals surface area contributed by atoms with Crippen LogP contribution in [0.15, 0.2) is 25.7 Å². The van der Waals surface area contributed by atoms with Crippen LogP contribution in [0.2, 0.25) is 0 Å². The van der Waals surface area contributed by atoms with Gasteiger partial charge in [0.05, 0.1) is 37.2 Å². The van der Waals surface area contributed by atoms with E-state index in [1.807, 2.05) is 0 Å². The van der Waals surface area contributed by atoms with E-state index in [9.17, 15) is 9.59 Å². The number of hydrogen-bond acceptors (Lipinski definition) is 7. The molecule has 0 atom stereocenters. The van der Waals surface area contributed by atoms with Crippen molar-refractivity contribution in [2.24, 2.45) is 0 Å². The first-order valence-electron chi connectivity index (χ1n) is 4.62. The van der Waals surface area contributed by atoms with E-state index in [2.05, 4.69) is 43.2 Å². The lowest BCUT2D eigenvalue weighted by molar-refractivity contribution is -0.134. The molecular formula is C10H20O7S2. The number of aliphatic hydroxyl groups excluding tert-OH is 2. The summed E-state index contributed by atoms with van der Waals surface area (Å²) >= 11 is 6.83. The molecule has 0 amide bonds. The van der Waals surface area contributed by atoms with Crippen LogP contribution < -0.4 is 0 Å². The maximum Gasteiger partial charge on any atom is 0.313 e. The average molecular weight is 316 g/mol. The molecule has 0 fully saturated rings. The highest BCUT2D eigenvalue weighted by Crippen LogP contribution is 1.67. The first-order chi connectivity index (χ1) is 8.87. The van der Waals surface area contributed by atoms with E-state index in [0.717, 1.165) is 0 Å². The molecule has 0 saturated carbocycles. The van der Waals surface area contributed by atoms with Gasteiger partial charge < -0.3 is 25.2 Å². The quantitative estimate of drug-likeness (QED) is 0.317. The first-order valence-corrected chi connectivity index (χ1v) is 5.88. The van der Waals surface area contributed by atoms with Crippen molar-refractivity contribution in [3.63, 3.8) is 0 Å². The second-order valence-electron chi connectivity index (χ2n) is 2.02. The second kappa shape index (κ2) is 30.1. The summed E-state index contributed by atoms with van der Waals surface area (Å²) < 4.78 is 4.36. The smallest absolute Gasteiger partial charge is 0.313 e. The molecule has 7 nitrogen and oxygen atoms in total. The Balaban J connectivity index is -0.0000000793. The van der Waals surface area contributed by atoms with Gasteiger partial charge in [-0.15, -0.1) is 0 Å². The Morgan fingerprint density at radius 3 is 1.16 bits per heavy atom. The minimum Gasteiger partial charge on any atom is -0.481 e. The highest BCUT2D eigenvalue weighted by Gasteiger charge is 1.82. The Bertz CT molecular complexity index is 200. The van der Waals surface area contributed by atoms with Gasteiger partial charge >= 0.3 is 11.9 Å². The zero-order chi connectivity index (χ0) is 16.1. The number of carboxylic acid groups (broad SMARTS) is 2. The van der Waals surface area contributed by atoms with Gasteiger partial charge in [0.2, 0.25) is 0 Å². The molecule has 0 aromatic carbocycles. The van der Waals surface area contributed by atoms with Crippen molar-refractivity contribution in [3.05, 3.63) is 25.7 Å². The normalized spacial score (nSPS) is 6.95. The van der Waals surface area contributed by atoms with E-state index in [1.54, 1.807) is 0 Å². The zero-order valence-corrected chi connectivity index (χ0v) is 12.1. The summed E-state index contributed by atoms with van der Waals surface area (Å²) in [6.45, 7) is 6.26. The van der Waals surface area contributed by atoms with Crippen LogP contribution in [0.3, 0.4) is 0 Å². The topological polar surface area (TPSA) is 124 Å². The summed E-state index contributed by atoms with van der Waals surface area (Å²) in [6.07, 6.45) is 2.62. The molecule has 0 radical (unpaired) electrons. The molecule has 0 unspecified atom stereocenters. The van der Waals surface area contributed by atoms with Crippen molar-refractivity contribution in [3.8, 4) is 0 Å². The van der Waals surface area contributed by atoms with Gasteiger partial charge in [0.25, 0.3) is 0 Å². The fraction of sp³-hybridized carbons (Fsp3) is 0.400. The fourth-order valence-electron chi connectivity index (χ4n) is 0.0680. The summed E-state index contributed by atoms with van der Waals surface area (Å²) in [4.78, 5) is 18.6. The number of ether oxygens (including phenoxy) is 1. The Morgan fingerprint density at radius 2 is 1.16 bits per heavy atom. The van der Waals surface area contributed by atoms with Crippen molar-refractivity contribution in [2.75, 3.05) is 24.7 Å². The third kappa shape index (κ3) is 109. The predicted octanol–water partition coefficient (Wildman–Crippen LogP) is 0.263. The molecule has 0 aliphatic rings. The van der Waals surface area contributed by atoms with E-state index in [-0.39, 0.29) is 24.7 Å². The third-order valence-electron chi connectivity index (χ3n) is 0.563. The summed E-state index contributed by atoms with van der Waals surface area (Å²) in [5.41, 5.74) is 0. The Labute approximate surface area is 123 Å². The minimum absolute atomic E-state index is 0.0833. The van der Waals surface area contributed by atoms with Crippen molar-refractivity contribution in [2.45, 2.75) is 0 Å². The number of carbonyl (C=O) groups is 2.